The van der Waals surface area contributed by atoms with Crippen LogP contribution in [0.1, 0.15) is 44.6 Å². The molecule has 0 aromatic carbocycles. The Kier molecular flexibility index (Phi) is 4.45. The molecule has 3 nitrogen and oxygen atoms in total. The Morgan fingerprint density at radius 3 is 2.94 bits per heavy atom. The van der Waals surface area contributed by atoms with E-state index in [1.807, 2.05) is 0 Å². The van der Waals surface area contributed by atoms with E-state index in [9.17, 15) is 0 Å². The molecular weight excluding hydrogens is 222 g/mol. The first-order valence-corrected chi connectivity index (χ1v) is 7.17. The molecule has 1 aromatic rings. The molecular formula is C15H25N3. The maximum absolute atomic E-state index is 5.83. The van der Waals surface area contributed by atoms with E-state index < -0.39 is 0 Å². The van der Waals surface area contributed by atoms with E-state index in [1.165, 1.54) is 32.1 Å². The molecule has 1 saturated heterocycles. The van der Waals surface area contributed by atoms with Crippen LogP contribution in [-0.4, -0.2) is 18.1 Å². The van der Waals surface area contributed by atoms with Gasteiger partial charge in [0.05, 0.1) is 11.9 Å². The van der Waals surface area contributed by atoms with Gasteiger partial charge in [-0.1, -0.05) is 19.8 Å². The van der Waals surface area contributed by atoms with Crippen LogP contribution in [0.3, 0.4) is 0 Å². The van der Waals surface area contributed by atoms with Crippen LogP contribution < -0.4 is 10.6 Å². The van der Waals surface area contributed by atoms with Crippen molar-refractivity contribution in [1.82, 2.24) is 4.98 Å². The van der Waals surface area contributed by atoms with Crippen molar-refractivity contribution >= 4 is 11.5 Å². The molecule has 1 aromatic heterocycles. The highest BCUT2D eigenvalue weighted by Gasteiger charge is 2.17. The summed E-state index contributed by atoms with van der Waals surface area (Å²) in [5, 5.41) is 0. The van der Waals surface area contributed by atoms with Crippen molar-refractivity contribution in [3.63, 3.8) is 0 Å². The van der Waals surface area contributed by atoms with E-state index in [2.05, 4.69) is 29.8 Å². The van der Waals surface area contributed by atoms with Gasteiger partial charge >= 0.3 is 0 Å². The Labute approximate surface area is 110 Å². The lowest BCUT2D eigenvalue weighted by molar-refractivity contribution is 0.435. The van der Waals surface area contributed by atoms with Crippen molar-refractivity contribution in [3.05, 3.63) is 17.8 Å². The zero-order valence-corrected chi connectivity index (χ0v) is 11.7. The minimum Gasteiger partial charge on any atom is -0.397 e. The number of hydrogen-bond acceptors (Lipinski definition) is 3. The lowest BCUT2D eigenvalue weighted by Crippen LogP contribution is -2.25. The molecule has 1 unspecified atom stereocenters. The summed E-state index contributed by atoms with van der Waals surface area (Å²) in [5.41, 5.74) is 7.75. The number of pyridine rings is 1. The average Bonchev–Trinajstić information content (AvgIpc) is 2.59. The van der Waals surface area contributed by atoms with Gasteiger partial charge in [0.1, 0.15) is 5.82 Å². The number of nitrogen functional groups attached to an aromatic ring is 1. The lowest BCUT2D eigenvalue weighted by atomic mass is 9.96. The number of nitrogens with two attached hydrogens (primary N) is 1. The summed E-state index contributed by atoms with van der Waals surface area (Å²) < 4.78 is 0. The third-order valence-electron chi connectivity index (χ3n) is 4.01. The zero-order valence-electron chi connectivity index (χ0n) is 11.7. The molecule has 2 N–H and O–H groups in total. The van der Waals surface area contributed by atoms with Crippen LogP contribution in [0.15, 0.2) is 12.3 Å². The number of anilines is 2. The van der Waals surface area contributed by atoms with E-state index in [4.69, 9.17) is 5.73 Å². The largest absolute Gasteiger partial charge is 0.397 e. The predicted octanol–water partition coefficient (Wildman–Crippen LogP) is 3.38. The van der Waals surface area contributed by atoms with Crippen LogP contribution in [0.2, 0.25) is 0 Å². The van der Waals surface area contributed by atoms with Gasteiger partial charge in [0.2, 0.25) is 0 Å². The van der Waals surface area contributed by atoms with Gasteiger partial charge in [-0.25, -0.2) is 4.98 Å². The molecule has 0 amide bonds. The van der Waals surface area contributed by atoms with Gasteiger partial charge in [0, 0.05) is 13.1 Å². The zero-order chi connectivity index (χ0) is 13.0. The monoisotopic (exact) mass is 247 g/mol. The molecule has 2 rings (SSSR count). The highest BCUT2D eigenvalue weighted by atomic mass is 15.2. The van der Waals surface area contributed by atoms with E-state index >= 15 is 0 Å². The Balaban J connectivity index is 2.02. The smallest absolute Gasteiger partial charge is 0.128 e. The van der Waals surface area contributed by atoms with E-state index in [0.717, 1.165) is 36.1 Å². The minimum absolute atomic E-state index is 0.789. The van der Waals surface area contributed by atoms with E-state index in [0.29, 0.717) is 0 Å². The van der Waals surface area contributed by atoms with Crippen molar-refractivity contribution in [1.29, 1.82) is 0 Å². The van der Waals surface area contributed by atoms with Gasteiger partial charge in [-0.05, 0) is 43.7 Å². The fourth-order valence-corrected chi connectivity index (χ4v) is 2.82. The summed E-state index contributed by atoms with van der Waals surface area (Å²) in [7, 11) is 0. The number of aromatic nitrogens is 1. The van der Waals surface area contributed by atoms with Gasteiger partial charge in [0.25, 0.3) is 0 Å². The second-order valence-corrected chi connectivity index (χ2v) is 5.47. The minimum atomic E-state index is 0.789. The molecule has 0 radical (unpaired) electrons. The Hall–Kier alpha value is -1.25. The SMILES string of the molecule is CCCC1CCCN(c2cc(C)c(N)cn2)CC1. The third-order valence-corrected chi connectivity index (χ3v) is 4.01. The first kappa shape index (κ1) is 13.2. The van der Waals surface area contributed by atoms with Crippen LogP contribution in [0, 0.1) is 12.8 Å². The predicted molar refractivity (Wildman–Crippen MR) is 77.8 cm³/mol. The van der Waals surface area contributed by atoms with Crippen LogP contribution in [0.5, 0.6) is 0 Å². The average molecular weight is 247 g/mol. The Morgan fingerprint density at radius 2 is 2.22 bits per heavy atom. The lowest BCUT2D eigenvalue weighted by Gasteiger charge is -2.22. The van der Waals surface area contributed by atoms with Crippen LogP contribution in [0.25, 0.3) is 0 Å². The number of aryl methyl sites for hydroxylation is 1. The molecule has 100 valence electrons. The topological polar surface area (TPSA) is 42.1 Å². The number of rotatable bonds is 3. The molecule has 0 spiro atoms. The summed E-state index contributed by atoms with van der Waals surface area (Å²) in [6.45, 7) is 6.61. The Morgan fingerprint density at radius 1 is 1.39 bits per heavy atom. The number of hydrogen-bond donors (Lipinski definition) is 1. The molecule has 0 bridgehead atoms. The van der Waals surface area contributed by atoms with E-state index in [1.54, 1.807) is 6.20 Å². The molecule has 18 heavy (non-hydrogen) atoms. The van der Waals surface area contributed by atoms with Crippen molar-refractivity contribution in [2.24, 2.45) is 5.92 Å². The first-order chi connectivity index (χ1) is 8.70. The van der Waals surface area contributed by atoms with Gasteiger partial charge in [0.15, 0.2) is 0 Å². The fourth-order valence-electron chi connectivity index (χ4n) is 2.82. The normalized spacial score (nSPS) is 20.8. The molecule has 1 aliphatic rings. The Bertz CT molecular complexity index is 389. The molecule has 2 heterocycles. The van der Waals surface area contributed by atoms with Gasteiger partial charge in [-0.3, -0.25) is 0 Å². The van der Waals surface area contributed by atoms with Gasteiger partial charge in [-0.15, -0.1) is 0 Å². The molecule has 1 atom stereocenters. The second-order valence-electron chi connectivity index (χ2n) is 5.47. The summed E-state index contributed by atoms with van der Waals surface area (Å²) in [6, 6.07) is 2.12. The van der Waals surface area contributed by atoms with Crippen molar-refractivity contribution < 1.29 is 0 Å². The van der Waals surface area contributed by atoms with Gasteiger partial charge < -0.3 is 10.6 Å². The summed E-state index contributed by atoms with van der Waals surface area (Å²) in [5.74, 6) is 2.01. The quantitative estimate of drug-likeness (QED) is 0.890. The maximum atomic E-state index is 5.83. The molecule has 1 aliphatic heterocycles. The van der Waals surface area contributed by atoms with Crippen LogP contribution in [0.4, 0.5) is 11.5 Å². The third kappa shape index (κ3) is 3.15. The summed E-state index contributed by atoms with van der Waals surface area (Å²) in [6.07, 6.45) is 8.44. The highest BCUT2D eigenvalue weighted by Crippen LogP contribution is 2.25. The van der Waals surface area contributed by atoms with Crippen molar-refractivity contribution in [2.75, 3.05) is 23.7 Å². The molecule has 1 fully saturated rings. The second kappa shape index (κ2) is 6.07. The fraction of sp³-hybridized carbons (Fsp3) is 0.667. The van der Waals surface area contributed by atoms with Crippen molar-refractivity contribution in [2.45, 2.75) is 46.0 Å². The molecule has 0 aliphatic carbocycles. The molecule has 0 saturated carbocycles. The maximum Gasteiger partial charge on any atom is 0.128 e. The molecule has 3 heteroatoms. The van der Waals surface area contributed by atoms with E-state index in [-0.39, 0.29) is 0 Å². The van der Waals surface area contributed by atoms with Crippen molar-refractivity contribution in [3.8, 4) is 0 Å². The number of nitrogens with zero attached hydrogens (tertiary/aromatic N) is 2. The summed E-state index contributed by atoms with van der Waals surface area (Å²) in [4.78, 5) is 6.90. The van der Waals surface area contributed by atoms with Crippen LogP contribution >= 0.6 is 0 Å². The summed E-state index contributed by atoms with van der Waals surface area (Å²) >= 11 is 0. The standard InChI is InChI=1S/C15H25N3/c1-3-5-13-6-4-8-18(9-7-13)15-10-12(2)14(16)11-17-15/h10-11,13H,3-9,16H2,1-2H3. The first-order valence-electron chi connectivity index (χ1n) is 7.17. The van der Waals surface area contributed by atoms with Gasteiger partial charge in [-0.2, -0.15) is 0 Å². The van der Waals surface area contributed by atoms with Crippen LogP contribution in [-0.2, 0) is 0 Å². The highest BCUT2D eigenvalue weighted by molar-refractivity contribution is 5.52.